The molecule has 1 aliphatic rings. The van der Waals surface area contributed by atoms with Crippen molar-refractivity contribution in [1.82, 2.24) is 10.2 Å². The van der Waals surface area contributed by atoms with Gasteiger partial charge < -0.3 is 15.0 Å². The second-order valence-electron chi connectivity index (χ2n) is 4.64. The van der Waals surface area contributed by atoms with Crippen LogP contribution in [0.5, 0.6) is 0 Å². The second-order valence-corrected chi connectivity index (χ2v) is 4.64. The third-order valence-corrected chi connectivity index (χ3v) is 3.07. The van der Waals surface area contributed by atoms with E-state index in [1.807, 2.05) is 4.90 Å². The van der Waals surface area contributed by atoms with Gasteiger partial charge in [0.1, 0.15) is 6.61 Å². The first-order chi connectivity index (χ1) is 8.29. The zero-order chi connectivity index (χ0) is 12.5. The standard InChI is InChI=1S/C13H26N2O2/c1-3-8-15(12-6-5-7-14-10-12)13(16)11-17-9-4-2/h12,14H,3-11H2,1-2H3. The first-order valence-electron chi connectivity index (χ1n) is 6.87. The minimum Gasteiger partial charge on any atom is -0.372 e. The molecule has 4 nitrogen and oxygen atoms in total. The van der Waals surface area contributed by atoms with Crippen molar-refractivity contribution in [3.63, 3.8) is 0 Å². The van der Waals surface area contributed by atoms with Gasteiger partial charge in [0, 0.05) is 25.7 Å². The van der Waals surface area contributed by atoms with E-state index >= 15 is 0 Å². The Morgan fingerprint density at radius 2 is 2.24 bits per heavy atom. The predicted octanol–water partition coefficient (Wildman–Crippen LogP) is 1.40. The monoisotopic (exact) mass is 242 g/mol. The Hall–Kier alpha value is -0.610. The van der Waals surface area contributed by atoms with Crippen LogP contribution in [0.15, 0.2) is 0 Å². The molecule has 4 heteroatoms. The summed E-state index contributed by atoms with van der Waals surface area (Å²) in [5.74, 6) is 0.147. The smallest absolute Gasteiger partial charge is 0.248 e. The molecule has 1 rings (SSSR count). The number of carbonyl (C=O) groups is 1. The van der Waals surface area contributed by atoms with Crippen molar-refractivity contribution in [3.05, 3.63) is 0 Å². The van der Waals surface area contributed by atoms with Gasteiger partial charge in [0.25, 0.3) is 0 Å². The van der Waals surface area contributed by atoms with Crippen LogP contribution in [-0.2, 0) is 9.53 Å². The number of rotatable bonds is 7. The van der Waals surface area contributed by atoms with Gasteiger partial charge in [-0.05, 0) is 32.2 Å². The first-order valence-corrected chi connectivity index (χ1v) is 6.87. The lowest BCUT2D eigenvalue weighted by atomic mass is 10.1. The highest BCUT2D eigenvalue weighted by Crippen LogP contribution is 2.11. The minimum absolute atomic E-state index is 0.147. The Kier molecular flexibility index (Phi) is 7.21. The van der Waals surface area contributed by atoms with Crippen molar-refractivity contribution < 1.29 is 9.53 Å². The molecular formula is C13H26N2O2. The molecule has 1 fully saturated rings. The maximum atomic E-state index is 12.1. The predicted molar refractivity (Wildman–Crippen MR) is 69.0 cm³/mol. The molecule has 1 atom stereocenters. The fraction of sp³-hybridized carbons (Fsp3) is 0.923. The van der Waals surface area contributed by atoms with Crippen LogP contribution in [0.25, 0.3) is 0 Å². The number of amides is 1. The summed E-state index contributed by atoms with van der Waals surface area (Å²) in [5, 5.41) is 3.36. The Morgan fingerprint density at radius 3 is 2.82 bits per heavy atom. The van der Waals surface area contributed by atoms with Gasteiger partial charge in [-0.2, -0.15) is 0 Å². The summed E-state index contributed by atoms with van der Waals surface area (Å²) in [5.41, 5.74) is 0. The van der Waals surface area contributed by atoms with Gasteiger partial charge in [0.05, 0.1) is 0 Å². The Balaban J connectivity index is 2.42. The van der Waals surface area contributed by atoms with Crippen LogP contribution >= 0.6 is 0 Å². The molecule has 0 aromatic carbocycles. The maximum Gasteiger partial charge on any atom is 0.248 e. The number of hydrogen-bond donors (Lipinski definition) is 1. The largest absolute Gasteiger partial charge is 0.372 e. The quantitative estimate of drug-likeness (QED) is 0.686. The Bertz CT molecular complexity index is 215. The van der Waals surface area contributed by atoms with E-state index in [0.29, 0.717) is 12.6 Å². The molecule has 1 heterocycles. The molecule has 0 aromatic heterocycles. The molecule has 1 saturated heterocycles. The summed E-state index contributed by atoms with van der Waals surface area (Å²) in [7, 11) is 0. The molecule has 100 valence electrons. The molecule has 0 aliphatic carbocycles. The third kappa shape index (κ3) is 5.04. The van der Waals surface area contributed by atoms with E-state index in [1.54, 1.807) is 0 Å². The van der Waals surface area contributed by atoms with E-state index < -0.39 is 0 Å². The molecular weight excluding hydrogens is 216 g/mol. The summed E-state index contributed by atoms with van der Waals surface area (Å²) < 4.78 is 5.35. The molecule has 1 amide bonds. The normalized spacial score (nSPS) is 20.2. The molecule has 17 heavy (non-hydrogen) atoms. The van der Waals surface area contributed by atoms with E-state index in [-0.39, 0.29) is 12.5 Å². The average molecular weight is 242 g/mol. The van der Waals surface area contributed by atoms with Crippen molar-refractivity contribution in [2.75, 3.05) is 32.8 Å². The topological polar surface area (TPSA) is 41.6 Å². The summed E-state index contributed by atoms with van der Waals surface area (Å²) in [6.45, 7) is 7.94. The first kappa shape index (κ1) is 14.5. The van der Waals surface area contributed by atoms with Crippen LogP contribution in [0.2, 0.25) is 0 Å². The van der Waals surface area contributed by atoms with Gasteiger partial charge in [0.15, 0.2) is 0 Å². The van der Waals surface area contributed by atoms with Crippen molar-refractivity contribution in [1.29, 1.82) is 0 Å². The fourth-order valence-electron chi connectivity index (χ4n) is 2.24. The van der Waals surface area contributed by atoms with Gasteiger partial charge in [-0.1, -0.05) is 13.8 Å². The number of piperidine rings is 1. The fourth-order valence-corrected chi connectivity index (χ4v) is 2.24. The number of nitrogens with zero attached hydrogens (tertiary/aromatic N) is 1. The zero-order valence-electron chi connectivity index (χ0n) is 11.2. The van der Waals surface area contributed by atoms with Crippen LogP contribution in [0.3, 0.4) is 0 Å². The van der Waals surface area contributed by atoms with Gasteiger partial charge in [0.2, 0.25) is 5.91 Å². The van der Waals surface area contributed by atoms with Crippen molar-refractivity contribution in [2.45, 2.75) is 45.6 Å². The molecule has 0 bridgehead atoms. The van der Waals surface area contributed by atoms with Crippen LogP contribution in [0, 0.1) is 0 Å². The zero-order valence-corrected chi connectivity index (χ0v) is 11.2. The van der Waals surface area contributed by atoms with E-state index in [9.17, 15) is 4.79 Å². The summed E-state index contributed by atoms with van der Waals surface area (Å²) in [4.78, 5) is 14.1. The molecule has 0 spiro atoms. The molecule has 1 aliphatic heterocycles. The number of carbonyl (C=O) groups excluding carboxylic acids is 1. The van der Waals surface area contributed by atoms with E-state index in [1.165, 1.54) is 0 Å². The van der Waals surface area contributed by atoms with Crippen LogP contribution in [0.4, 0.5) is 0 Å². The minimum atomic E-state index is 0.147. The molecule has 0 aromatic rings. The molecule has 1 unspecified atom stereocenters. The van der Waals surface area contributed by atoms with Crippen molar-refractivity contribution in [3.8, 4) is 0 Å². The highest BCUT2D eigenvalue weighted by molar-refractivity contribution is 5.77. The summed E-state index contributed by atoms with van der Waals surface area (Å²) >= 11 is 0. The van der Waals surface area contributed by atoms with E-state index in [2.05, 4.69) is 19.2 Å². The van der Waals surface area contributed by atoms with Gasteiger partial charge in [-0.25, -0.2) is 0 Å². The Labute approximate surface area is 105 Å². The number of ether oxygens (including phenoxy) is 1. The van der Waals surface area contributed by atoms with Crippen LogP contribution < -0.4 is 5.32 Å². The summed E-state index contributed by atoms with van der Waals surface area (Å²) in [6.07, 6.45) is 4.25. The average Bonchev–Trinajstić information content (AvgIpc) is 2.37. The summed E-state index contributed by atoms with van der Waals surface area (Å²) in [6, 6.07) is 0.362. The second kappa shape index (κ2) is 8.48. The van der Waals surface area contributed by atoms with Gasteiger partial charge >= 0.3 is 0 Å². The number of hydrogen-bond acceptors (Lipinski definition) is 3. The molecule has 0 radical (unpaired) electrons. The maximum absolute atomic E-state index is 12.1. The lowest BCUT2D eigenvalue weighted by Crippen LogP contribution is -2.50. The third-order valence-electron chi connectivity index (χ3n) is 3.07. The van der Waals surface area contributed by atoms with Crippen molar-refractivity contribution in [2.24, 2.45) is 0 Å². The van der Waals surface area contributed by atoms with Gasteiger partial charge in [-0.15, -0.1) is 0 Å². The number of nitrogens with one attached hydrogen (secondary N) is 1. The van der Waals surface area contributed by atoms with Gasteiger partial charge in [-0.3, -0.25) is 4.79 Å². The van der Waals surface area contributed by atoms with Crippen LogP contribution in [0.1, 0.15) is 39.5 Å². The Morgan fingerprint density at radius 1 is 1.41 bits per heavy atom. The lowest BCUT2D eigenvalue weighted by molar-refractivity contribution is -0.139. The van der Waals surface area contributed by atoms with Crippen molar-refractivity contribution >= 4 is 5.91 Å². The highest BCUT2D eigenvalue weighted by Gasteiger charge is 2.24. The molecule has 0 saturated carbocycles. The lowest BCUT2D eigenvalue weighted by Gasteiger charge is -2.34. The SMILES string of the molecule is CCCOCC(=O)N(CCC)C1CCCNC1. The molecule has 1 N–H and O–H groups in total. The van der Waals surface area contributed by atoms with Crippen LogP contribution in [-0.4, -0.2) is 49.7 Å². The van der Waals surface area contributed by atoms with E-state index in [0.717, 1.165) is 45.3 Å². The highest BCUT2D eigenvalue weighted by atomic mass is 16.5. The van der Waals surface area contributed by atoms with E-state index in [4.69, 9.17) is 4.74 Å².